The molecule has 1 aliphatic heterocycles. The Bertz CT molecular complexity index is 844. The van der Waals surface area contributed by atoms with E-state index in [9.17, 15) is 4.79 Å². The highest BCUT2D eigenvalue weighted by molar-refractivity contribution is 6.16. The summed E-state index contributed by atoms with van der Waals surface area (Å²) in [5.74, 6) is 0.0708. The van der Waals surface area contributed by atoms with Crippen LogP contribution in [-0.2, 0) is 18.0 Å². The van der Waals surface area contributed by atoms with Gasteiger partial charge in [-0.25, -0.2) is 0 Å². The standard InChI is InChI=1S/C19H14O2/c20-19(14-8-9-15-11-21-12-16(15)10-14)18-7-3-5-13-4-1-2-6-17(13)18/h1-10H,11-12H2. The number of benzene rings is 3. The maximum Gasteiger partial charge on any atom is 0.193 e. The van der Waals surface area contributed by atoms with E-state index in [1.54, 1.807) is 0 Å². The van der Waals surface area contributed by atoms with Crippen LogP contribution in [0.5, 0.6) is 0 Å². The first-order valence-corrected chi connectivity index (χ1v) is 7.05. The second kappa shape index (κ2) is 4.83. The smallest absolute Gasteiger partial charge is 0.193 e. The normalized spacial score (nSPS) is 13.3. The van der Waals surface area contributed by atoms with Gasteiger partial charge < -0.3 is 4.74 Å². The maximum absolute atomic E-state index is 12.8. The third-order valence-electron chi connectivity index (χ3n) is 4.02. The number of rotatable bonds is 2. The van der Waals surface area contributed by atoms with Crippen LogP contribution in [0.2, 0.25) is 0 Å². The topological polar surface area (TPSA) is 26.3 Å². The minimum absolute atomic E-state index is 0.0708. The molecule has 0 N–H and O–H groups in total. The Hall–Kier alpha value is -2.45. The molecule has 0 saturated carbocycles. The Labute approximate surface area is 123 Å². The second-order valence-corrected chi connectivity index (χ2v) is 5.33. The van der Waals surface area contributed by atoms with Gasteiger partial charge in [0.25, 0.3) is 0 Å². The van der Waals surface area contributed by atoms with Crippen molar-refractivity contribution in [3.63, 3.8) is 0 Å². The second-order valence-electron chi connectivity index (χ2n) is 5.33. The molecule has 0 unspecified atom stereocenters. The molecule has 0 bridgehead atoms. The number of carbonyl (C=O) groups is 1. The first kappa shape index (κ1) is 12.3. The lowest BCUT2D eigenvalue weighted by Gasteiger charge is -2.07. The van der Waals surface area contributed by atoms with Gasteiger partial charge in [0.15, 0.2) is 5.78 Å². The summed E-state index contributed by atoms with van der Waals surface area (Å²) < 4.78 is 5.41. The van der Waals surface area contributed by atoms with E-state index in [0.717, 1.165) is 27.5 Å². The first-order valence-electron chi connectivity index (χ1n) is 7.05. The fourth-order valence-corrected chi connectivity index (χ4v) is 2.89. The van der Waals surface area contributed by atoms with Crippen molar-refractivity contribution in [2.75, 3.05) is 0 Å². The van der Waals surface area contributed by atoms with Gasteiger partial charge in [0, 0.05) is 11.1 Å². The van der Waals surface area contributed by atoms with Crippen LogP contribution in [0.3, 0.4) is 0 Å². The van der Waals surface area contributed by atoms with Crippen molar-refractivity contribution >= 4 is 16.6 Å². The lowest BCUT2D eigenvalue weighted by atomic mass is 9.95. The van der Waals surface area contributed by atoms with Crippen LogP contribution < -0.4 is 0 Å². The molecule has 0 aliphatic carbocycles. The zero-order chi connectivity index (χ0) is 14.2. The Balaban J connectivity index is 1.83. The van der Waals surface area contributed by atoms with Crippen molar-refractivity contribution in [1.29, 1.82) is 0 Å². The van der Waals surface area contributed by atoms with Crippen LogP contribution in [0.1, 0.15) is 27.0 Å². The zero-order valence-corrected chi connectivity index (χ0v) is 11.5. The van der Waals surface area contributed by atoms with E-state index in [0.29, 0.717) is 13.2 Å². The predicted octanol–water partition coefficient (Wildman–Crippen LogP) is 4.10. The summed E-state index contributed by atoms with van der Waals surface area (Å²) in [5, 5.41) is 2.09. The van der Waals surface area contributed by atoms with E-state index >= 15 is 0 Å². The van der Waals surface area contributed by atoms with E-state index in [2.05, 4.69) is 0 Å². The van der Waals surface area contributed by atoms with Gasteiger partial charge in [-0.3, -0.25) is 4.79 Å². The molecule has 0 atom stereocenters. The highest BCUT2D eigenvalue weighted by atomic mass is 16.5. The van der Waals surface area contributed by atoms with Crippen LogP contribution in [0.25, 0.3) is 10.8 Å². The Morgan fingerprint density at radius 1 is 0.857 bits per heavy atom. The number of ketones is 1. The number of ether oxygens (including phenoxy) is 1. The summed E-state index contributed by atoms with van der Waals surface area (Å²) >= 11 is 0. The fraction of sp³-hybridized carbons (Fsp3) is 0.105. The summed E-state index contributed by atoms with van der Waals surface area (Å²) in [5.41, 5.74) is 3.80. The van der Waals surface area contributed by atoms with Gasteiger partial charge in [0.05, 0.1) is 13.2 Å². The molecular formula is C19H14O2. The average molecular weight is 274 g/mol. The monoisotopic (exact) mass is 274 g/mol. The molecule has 21 heavy (non-hydrogen) atoms. The van der Waals surface area contributed by atoms with Crippen molar-refractivity contribution in [2.24, 2.45) is 0 Å². The Morgan fingerprint density at radius 2 is 1.67 bits per heavy atom. The van der Waals surface area contributed by atoms with E-state index in [1.807, 2.05) is 60.7 Å². The summed E-state index contributed by atoms with van der Waals surface area (Å²) in [4.78, 5) is 12.8. The maximum atomic E-state index is 12.8. The minimum Gasteiger partial charge on any atom is -0.372 e. The van der Waals surface area contributed by atoms with Crippen LogP contribution in [0, 0.1) is 0 Å². The summed E-state index contributed by atoms with van der Waals surface area (Å²) in [7, 11) is 0. The molecule has 1 heterocycles. The lowest BCUT2D eigenvalue weighted by molar-refractivity contribution is 0.104. The van der Waals surface area contributed by atoms with Crippen molar-refractivity contribution in [3.8, 4) is 0 Å². The van der Waals surface area contributed by atoms with Gasteiger partial charge in [0.2, 0.25) is 0 Å². The van der Waals surface area contributed by atoms with Crippen LogP contribution in [-0.4, -0.2) is 5.78 Å². The highest BCUT2D eigenvalue weighted by Gasteiger charge is 2.16. The van der Waals surface area contributed by atoms with E-state index in [1.165, 1.54) is 5.56 Å². The molecular weight excluding hydrogens is 260 g/mol. The number of fused-ring (bicyclic) bond motifs is 2. The molecule has 2 heteroatoms. The number of carbonyl (C=O) groups excluding carboxylic acids is 1. The molecule has 0 aromatic heterocycles. The summed E-state index contributed by atoms with van der Waals surface area (Å²) in [6.07, 6.45) is 0. The molecule has 0 fully saturated rings. The van der Waals surface area contributed by atoms with E-state index in [4.69, 9.17) is 4.74 Å². The number of hydrogen-bond donors (Lipinski definition) is 0. The van der Waals surface area contributed by atoms with Crippen molar-refractivity contribution in [1.82, 2.24) is 0 Å². The minimum atomic E-state index is 0.0708. The zero-order valence-electron chi connectivity index (χ0n) is 11.5. The van der Waals surface area contributed by atoms with Crippen LogP contribution in [0.15, 0.2) is 60.7 Å². The van der Waals surface area contributed by atoms with Gasteiger partial charge in [-0.2, -0.15) is 0 Å². The van der Waals surface area contributed by atoms with Gasteiger partial charge in [-0.1, -0.05) is 54.6 Å². The number of hydrogen-bond acceptors (Lipinski definition) is 2. The summed E-state index contributed by atoms with van der Waals surface area (Å²) in [6, 6.07) is 19.7. The van der Waals surface area contributed by atoms with Gasteiger partial charge in [0.1, 0.15) is 0 Å². The van der Waals surface area contributed by atoms with Crippen LogP contribution >= 0.6 is 0 Å². The fourth-order valence-electron chi connectivity index (χ4n) is 2.89. The quantitative estimate of drug-likeness (QED) is 0.658. The molecule has 0 radical (unpaired) electrons. The molecule has 102 valence electrons. The Kier molecular flexibility index (Phi) is 2.83. The van der Waals surface area contributed by atoms with E-state index < -0.39 is 0 Å². The predicted molar refractivity (Wildman–Crippen MR) is 82.3 cm³/mol. The Morgan fingerprint density at radius 3 is 2.62 bits per heavy atom. The van der Waals surface area contributed by atoms with Gasteiger partial charge in [-0.15, -0.1) is 0 Å². The van der Waals surface area contributed by atoms with Crippen LogP contribution in [0.4, 0.5) is 0 Å². The SMILES string of the molecule is O=C(c1ccc2c(c1)COC2)c1cccc2ccccc12. The third-order valence-corrected chi connectivity index (χ3v) is 4.02. The van der Waals surface area contributed by atoms with Crippen molar-refractivity contribution in [2.45, 2.75) is 13.2 Å². The molecule has 0 amide bonds. The molecule has 3 aromatic rings. The molecule has 2 nitrogen and oxygen atoms in total. The first-order chi connectivity index (χ1) is 10.3. The molecule has 0 saturated heterocycles. The largest absolute Gasteiger partial charge is 0.372 e. The van der Waals surface area contributed by atoms with Gasteiger partial charge >= 0.3 is 0 Å². The highest BCUT2D eigenvalue weighted by Crippen LogP contribution is 2.25. The van der Waals surface area contributed by atoms with Crippen molar-refractivity contribution in [3.05, 3.63) is 82.9 Å². The lowest BCUT2D eigenvalue weighted by Crippen LogP contribution is -2.03. The molecule has 0 spiro atoms. The van der Waals surface area contributed by atoms with Gasteiger partial charge in [-0.05, 0) is 28.0 Å². The van der Waals surface area contributed by atoms with E-state index in [-0.39, 0.29) is 5.78 Å². The molecule has 1 aliphatic rings. The van der Waals surface area contributed by atoms with Crippen molar-refractivity contribution < 1.29 is 9.53 Å². The summed E-state index contributed by atoms with van der Waals surface area (Å²) in [6.45, 7) is 1.25. The molecule has 3 aromatic carbocycles. The third kappa shape index (κ3) is 2.05. The average Bonchev–Trinajstić information content (AvgIpc) is 3.01. The molecule has 4 rings (SSSR count).